The lowest BCUT2D eigenvalue weighted by atomic mass is 10.2. The molecule has 0 bridgehead atoms. The number of rotatable bonds is 7. The maximum Gasteiger partial charge on any atom is 0.250 e. The Hall–Kier alpha value is -1.13. The van der Waals surface area contributed by atoms with Crippen LogP contribution in [0.4, 0.5) is 0 Å². The van der Waals surface area contributed by atoms with Crippen molar-refractivity contribution in [2.24, 2.45) is 5.73 Å². The molecule has 19 heavy (non-hydrogen) atoms. The van der Waals surface area contributed by atoms with E-state index in [9.17, 15) is 4.79 Å². The van der Waals surface area contributed by atoms with Gasteiger partial charge in [-0.05, 0) is 38.4 Å². The van der Waals surface area contributed by atoms with Gasteiger partial charge in [0, 0.05) is 31.4 Å². The predicted octanol–water partition coefficient (Wildman–Crippen LogP) is 1.44. The summed E-state index contributed by atoms with van der Waals surface area (Å²) < 4.78 is 1.80. The van der Waals surface area contributed by atoms with Crippen LogP contribution >= 0.6 is 0 Å². The van der Waals surface area contributed by atoms with Crippen LogP contribution in [0.5, 0.6) is 0 Å². The van der Waals surface area contributed by atoms with Crippen molar-refractivity contribution in [3.05, 3.63) is 34.7 Å². The Balaban J connectivity index is 1.92. The van der Waals surface area contributed by atoms with Crippen molar-refractivity contribution < 1.29 is 0 Å². The third-order valence-corrected chi connectivity index (χ3v) is 4.02. The third-order valence-electron chi connectivity index (χ3n) is 4.02. The number of nitrogens with zero attached hydrogens (tertiary/aromatic N) is 2. The van der Waals surface area contributed by atoms with Crippen molar-refractivity contribution in [2.75, 3.05) is 19.6 Å². The van der Waals surface area contributed by atoms with Crippen LogP contribution in [-0.2, 0) is 6.54 Å². The number of pyridine rings is 1. The molecule has 1 aromatic rings. The average molecular weight is 263 g/mol. The minimum absolute atomic E-state index is 0.0905. The van der Waals surface area contributed by atoms with Gasteiger partial charge in [-0.1, -0.05) is 18.9 Å². The number of hydrogen-bond donors (Lipinski definition) is 1. The zero-order valence-electron chi connectivity index (χ0n) is 11.6. The Morgan fingerprint density at radius 2 is 2.05 bits per heavy atom. The lowest BCUT2D eigenvalue weighted by Gasteiger charge is -2.28. The van der Waals surface area contributed by atoms with Gasteiger partial charge in [0.15, 0.2) is 0 Å². The Labute approximate surface area is 115 Å². The van der Waals surface area contributed by atoms with Crippen molar-refractivity contribution in [1.29, 1.82) is 0 Å². The summed E-state index contributed by atoms with van der Waals surface area (Å²) in [7, 11) is 0. The third kappa shape index (κ3) is 4.18. The number of hydrogen-bond acceptors (Lipinski definition) is 3. The van der Waals surface area contributed by atoms with Gasteiger partial charge in [0.1, 0.15) is 0 Å². The highest BCUT2D eigenvalue weighted by atomic mass is 16.1. The number of nitrogens with two attached hydrogens (primary N) is 1. The summed E-state index contributed by atoms with van der Waals surface area (Å²) in [5.74, 6) is 0. The van der Waals surface area contributed by atoms with Crippen LogP contribution < -0.4 is 11.3 Å². The largest absolute Gasteiger partial charge is 0.330 e. The maximum atomic E-state index is 11.7. The topological polar surface area (TPSA) is 51.3 Å². The van der Waals surface area contributed by atoms with Gasteiger partial charge in [-0.3, -0.25) is 9.69 Å². The predicted molar refractivity (Wildman–Crippen MR) is 78.2 cm³/mol. The molecule has 4 heteroatoms. The van der Waals surface area contributed by atoms with Crippen molar-refractivity contribution in [3.63, 3.8) is 0 Å². The molecule has 0 aliphatic heterocycles. The first-order valence-corrected chi connectivity index (χ1v) is 7.41. The quantitative estimate of drug-likeness (QED) is 0.810. The Morgan fingerprint density at radius 3 is 2.74 bits per heavy atom. The first-order valence-electron chi connectivity index (χ1n) is 7.41. The standard InChI is InChI=1S/C15H25N3O/c16-9-5-11-17(14-6-1-2-7-14)12-13-18-10-4-3-8-15(18)19/h3-4,8,10,14H,1-2,5-7,9,11-13,16H2. The summed E-state index contributed by atoms with van der Waals surface area (Å²) >= 11 is 0. The van der Waals surface area contributed by atoms with Crippen molar-refractivity contribution in [3.8, 4) is 0 Å². The van der Waals surface area contributed by atoms with E-state index in [2.05, 4.69) is 4.90 Å². The molecule has 1 aromatic heterocycles. The number of aromatic nitrogens is 1. The molecule has 2 N–H and O–H groups in total. The summed E-state index contributed by atoms with van der Waals surface area (Å²) in [6.45, 7) is 3.53. The van der Waals surface area contributed by atoms with Crippen LogP contribution in [0.1, 0.15) is 32.1 Å². The van der Waals surface area contributed by atoms with Gasteiger partial charge in [-0.15, -0.1) is 0 Å². The van der Waals surface area contributed by atoms with E-state index in [0.29, 0.717) is 6.04 Å². The summed E-state index contributed by atoms with van der Waals surface area (Å²) in [5.41, 5.74) is 5.72. The molecule has 1 aliphatic rings. The maximum absolute atomic E-state index is 11.7. The Morgan fingerprint density at radius 1 is 1.26 bits per heavy atom. The summed E-state index contributed by atoms with van der Waals surface area (Å²) in [6, 6.07) is 6.04. The molecule has 0 amide bonds. The van der Waals surface area contributed by atoms with Gasteiger partial charge in [0.05, 0.1) is 0 Å². The first-order chi connectivity index (χ1) is 9.31. The minimum Gasteiger partial charge on any atom is -0.330 e. The molecule has 2 rings (SSSR count). The van der Waals surface area contributed by atoms with Crippen molar-refractivity contribution in [1.82, 2.24) is 9.47 Å². The Kier molecular flexibility index (Phi) is 5.61. The highest BCUT2D eigenvalue weighted by Crippen LogP contribution is 2.23. The molecule has 0 unspecified atom stereocenters. The van der Waals surface area contributed by atoms with Crippen molar-refractivity contribution in [2.45, 2.75) is 44.7 Å². The lowest BCUT2D eigenvalue weighted by Crippen LogP contribution is -2.38. The van der Waals surface area contributed by atoms with Gasteiger partial charge in [-0.2, -0.15) is 0 Å². The molecule has 1 saturated carbocycles. The molecule has 0 radical (unpaired) electrons. The van der Waals surface area contributed by atoms with Gasteiger partial charge in [0.25, 0.3) is 5.56 Å². The van der Waals surface area contributed by atoms with Crippen molar-refractivity contribution >= 4 is 0 Å². The fraction of sp³-hybridized carbons (Fsp3) is 0.667. The van der Waals surface area contributed by atoms with E-state index in [1.807, 2.05) is 12.3 Å². The summed E-state index contributed by atoms with van der Waals surface area (Å²) in [5, 5.41) is 0. The first kappa shape index (κ1) is 14.3. The summed E-state index contributed by atoms with van der Waals surface area (Å²) in [6.07, 6.45) is 8.20. The fourth-order valence-corrected chi connectivity index (χ4v) is 2.92. The van der Waals surface area contributed by atoms with Crippen LogP contribution in [0.2, 0.25) is 0 Å². The van der Waals surface area contributed by atoms with Crippen LogP contribution in [0, 0.1) is 0 Å². The second kappa shape index (κ2) is 7.46. The lowest BCUT2D eigenvalue weighted by molar-refractivity contribution is 0.189. The van der Waals surface area contributed by atoms with E-state index in [1.165, 1.54) is 25.7 Å². The molecule has 0 spiro atoms. The molecule has 1 aliphatic carbocycles. The van der Waals surface area contributed by atoms with Crippen LogP contribution in [-0.4, -0.2) is 35.1 Å². The molecule has 1 fully saturated rings. The van der Waals surface area contributed by atoms with Crippen LogP contribution in [0.25, 0.3) is 0 Å². The normalized spacial score (nSPS) is 16.3. The second-order valence-corrected chi connectivity index (χ2v) is 5.35. The molecule has 1 heterocycles. The second-order valence-electron chi connectivity index (χ2n) is 5.35. The molecule has 106 valence electrons. The monoisotopic (exact) mass is 263 g/mol. The summed E-state index contributed by atoms with van der Waals surface area (Å²) in [4.78, 5) is 14.2. The van der Waals surface area contributed by atoms with E-state index in [0.717, 1.165) is 32.6 Å². The molecular formula is C15H25N3O. The molecular weight excluding hydrogens is 238 g/mol. The van der Waals surface area contributed by atoms with Gasteiger partial charge in [-0.25, -0.2) is 0 Å². The van der Waals surface area contributed by atoms with E-state index in [4.69, 9.17) is 5.73 Å². The zero-order chi connectivity index (χ0) is 13.5. The van der Waals surface area contributed by atoms with E-state index in [-0.39, 0.29) is 5.56 Å². The highest BCUT2D eigenvalue weighted by Gasteiger charge is 2.21. The van der Waals surface area contributed by atoms with E-state index < -0.39 is 0 Å². The average Bonchev–Trinajstić information content (AvgIpc) is 2.94. The molecule has 0 atom stereocenters. The van der Waals surface area contributed by atoms with Crippen LogP contribution in [0.3, 0.4) is 0 Å². The zero-order valence-corrected chi connectivity index (χ0v) is 11.6. The van der Waals surface area contributed by atoms with E-state index in [1.54, 1.807) is 16.7 Å². The van der Waals surface area contributed by atoms with E-state index >= 15 is 0 Å². The SMILES string of the molecule is NCCCN(CCn1ccccc1=O)C1CCCC1. The van der Waals surface area contributed by atoms with Gasteiger partial charge >= 0.3 is 0 Å². The fourth-order valence-electron chi connectivity index (χ4n) is 2.92. The smallest absolute Gasteiger partial charge is 0.250 e. The highest BCUT2D eigenvalue weighted by molar-refractivity contribution is 4.93. The van der Waals surface area contributed by atoms with Gasteiger partial charge < -0.3 is 10.3 Å². The minimum atomic E-state index is 0.0905. The van der Waals surface area contributed by atoms with Gasteiger partial charge in [0.2, 0.25) is 0 Å². The molecule has 4 nitrogen and oxygen atoms in total. The van der Waals surface area contributed by atoms with Crippen LogP contribution in [0.15, 0.2) is 29.2 Å². The Bertz CT molecular complexity index is 423. The molecule has 0 aromatic carbocycles. The molecule has 0 saturated heterocycles.